The molecule has 23 heavy (non-hydrogen) atoms. The first-order valence-electron chi connectivity index (χ1n) is 7.22. The average Bonchev–Trinajstić information content (AvgIpc) is 2.45. The van der Waals surface area contributed by atoms with Crippen molar-refractivity contribution >= 4 is 11.9 Å². The minimum Gasteiger partial charge on any atom is -0.490 e. The van der Waals surface area contributed by atoms with Crippen LogP contribution < -0.4 is 14.8 Å². The maximum absolute atomic E-state index is 12.3. The summed E-state index contributed by atoms with van der Waals surface area (Å²) in [6.45, 7) is 5.74. The molecule has 2 N–H and O–H groups in total. The van der Waals surface area contributed by atoms with Crippen molar-refractivity contribution in [3.8, 4) is 11.5 Å². The lowest BCUT2D eigenvalue weighted by Gasteiger charge is -2.25. The van der Waals surface area contributed by atoms with E-state index in [1.165, 1.54) is 12.1 Å². The maximum Gasteiger partial charge on any atom is 0.341 e. The predicted octanol–water partition coefficient (Wildman–Crippen LogP) is 1.70. The zero-order chi connectivity index (χ0) is 17.5. The van der Waals surface area contributed by atoms with E-state index in [-0.39, 0.29) is 11.7 Å². The molecule has 0 spiro atoms. The van der Waals surface area contributed by atoms with Gasteiger partial charge < -0.3 is 24.6 Å². The molecule has 0 radical (unpaired) electrons. The first-order valence-corrected chi connectivity index (χ1v) is 7.22. The van der Waals surface area contributed by atoms with Crippen molar-refractivity contribution in [3.63, 3.8) is 0 Å². The third kappa shape index (κ3) is 6.15. The number of amides is 1. The third-order valence-electron chi connectivity index (χ3n) is 2.81. The van der Waals surface area contributed by atoms with E-state index in [1.54, 1.807) is 20.1 Å². The number of carbonyl (C=O) groups excluding carboxylic acids is 1. The molecule has 1 amide bonds. The smallest absolute Gasteiger partial charge is 0.341 e. The fraction of sp³-hybridized carbons (Fsp3) is 0.500. The number of ether oxygens (including phenoxy) is 3. The molecule has 1 aromatic rings. The minimum absolute atomic E-state index is 0.280. The molecule has 0 atom stereocenters. The van der Waals surface area contributed by atoms with Crippen LogP contribution in [0.15, 0.2) is 18.2 Å². The van der Waals surface area contributed by atoms with Gasteiger partial charge in [0.2, 0.25) is 0 Å². The molecule has 0 heterocycles. The Bertz CT molecular complexity index is 556. The lowest BCUT2D eigenvalue weighted by Crippen LogP contribution is -2.46. The number of carboxylic acids is 1. The van der Waals surface area contributed by atoms with Crippen LogP contribution in [-0.2, 0) is 9.53 Å². The highest BCUT2D eigenvalue weighted by atomic mass is 16.5. The molecule has 128 valence electrons. The van der Waals surface area contributed by atoms with Gasteiger partial charge >= 0.3 is 5.97 Å². The molecule has 7 heteroatoms. The third-order valence-corrected chi connectivity index (χ3v) is 2.81. The summed E-state index contributed by atoms with van der Waals surface area (Å²) in [5.41, 5.74) is -0.129. The first kappa shape index (κ1) is 18.8. The van der Waals surface area contributed by atoms with Crippen molar-refractivity contribution in [2.75, 3.05) is 26.9 Å². The Balaban J connectivity index is 2.93. The van der Waals surface area contributed by atoms with Gasteiger partial charge in [0, 0.05) is 12.7 Å². The van der Waals surface area contributed by atoms with Crippen LogP contribution in [-0.4, -0.2) is 49.5 Å². The van der Waals surface area contributed by atoms with E-state index in [0.29, 0.717) is 24.5 Å². The van der Waals surface area contributed by atoms with E-state index in [1.807, 2.05) is 13.8 Å². The highest BCUT2D eigenvalue weighted by Crippen LogP contribution is 2.28. The fourth-order valence-corrected chi connectivity index (χ4v) is 1.95. The van der Waals surface area contributed by atoms with Crippen molar-refractivity contribution < 1.29 is 28.9 Å². The Morgan fingerprint density at radius 3 is 2.48 bits per heavy atom. The Labute approximate surface area is 135 Å². The van der Waals surface area contributed by atoms with Crippen molar-refractivity contribution in [3.05, 3.63) is 23.8 Å². The van der Waals surface area contributed by atoms with Crippen LogP contribution in [0, 0.1) is 0 Å². The standard InChI is InChI=1S/C16H23NO6/c1-5-22-13-8-11(6-7-12(13)23-9-14(18)19)15(20)17-16(2,3)10-21-4/h6-8H,5,9-10H2,1-4H3,(H,17,20)(H,18,19). The van der Waals surface area contributed by atoms with Crippen LogP contribution in [0.1, 0.15) is 31.1 Å². The Kier molecular flexibility index (Phi) is 6.84. The number of benzene rings is 1. The monoisotopic (exact) mass is 325 g/mol. The highest BCUT2D eigenvalue weighted by Gasteiger charge is 2.22. The zero-order valence-corrected chi connectivity index (χ0v) is 13.8. The van der Waals surface area contributed by atoms with Gasteiger partial charge in [0.05, 0.1) is 18.8 Å². The number of carbonyl (C=O) groups is 2. The number of nitrogens with one attached hydrogen (secondary N) is 1. The largest absolute Gasteiger partial charge is 0.490 e. The molecule has 0 fully saturated rings. The second kappa shape index (κ2) is 8.38. The summed E-state index contributed by atoms with van der Waals surface area (Å²) in [6.07, 6.45) is 0. The number of hydrogen-bond donors (Lipinski definition) is 2. The molecule has 0 unspecified atom stereocenters. The first-order chi connectivity index (χ1) is 10.8. The minimum atomic E-state index is -1.09. The van der Waals surface area contributed by atoms with Gasteiger partial charge in [0.15, 0.2) is 18.1 Å². The molecule has 0 saturated heterocycles. The molecule has 7 nitrogen and oxygen atoms in total. The van der Waals surface area contributed by atoms with Crippen molar-refractivity contribution in [2.45, 2.75) is 26.3 Å². The maximum atomic E-state index is 12.3. The lowest BCUT2D eigenvalue weighted by molar-refractivity contribution is -0.139. The Hall–Kier alpha value is -2.28. The number of carboxylic acid groups (broad SMARTS) is 1. The van der Waals surface area contributed by atoms with Crippen LogP contribution >= 0.6 is 0 Å². The van der Waals surface area contributed by atoms with Crippen LogP contribution in [0.25, 0.3) is 0 Å². The Morgan fingerprint density at radius 1 is 1.22 bits per heavy atom. The molecule has 0 aliphatic heterocycles. The second-order valence-electron chi connectivity index (χ2n) is 5.55. The molecule has 0 aliphatic rings. The summed E-state index contributed by atoms with van der Waals surface area (Å²) in [7, 11) is 1.57. The summed E-state index contributed by atoms with van der Waals surface area (Å²) in [5.74, 6) is -0.763. The molecule has 1 aromatic carbocycles. The van der Waals surface area contributed by atoms with Crippen molar-refractivity contribution in [1.82, 2.24) is 5.32 Å². The predicted molar refractivity (Wildman–Crippen MR) is 84.2 cm³/mol. The topological polar surface area (TPSA) is 94.1 Å². The fourth-order valence-electron chi connectivity index (χ4n) is 1.95. The zero-order valence-electron chi connectivity index (χ0n) is 13.8. The van der Waals surface area contributed by atoms with Crippen LogP contribution in [0.2, 0.25) is 0 Å². The van der Waals surface area contributed by atoms with Crippen molar-refractivity contribution in [1.29, 1.82) is 0 Å². The normalized spacial score (nSPS) is 11.0. The molecule has 0 saturated carbocycles. The number of aliphatic carboxylic acids is 1. The lowest BCUT2D eigenvalue weighted by atomic mass is 10.1. The summed E-state index contributed by atoms with van der Waals surface area (Å²) in [6, 6.07) is 4.60. The molecular weight excluding hydrogens is 302 g/mol. The van der Waals surface area contributed by atoms with E-state index in [0.717, 1.165) is 0 Å². The SMILES string of the molecule is CCOc1cc(C(=O)NC(C)(C)COC)ccc1OCC(=O)O. The van der Waals surface area contributed by atoms with Gasteiger partial charge in [-0.3, -0.25) is 4.79 Å². The van der Waals surface area contributed by atoms with Crippen LogP contribution in [0.5, 0.6) is 11.5 Å². The van der Waals surface area contributed by atoms with Crippen LogP contribution in [0.3, 0.4) is 0 Å². The molecule has 0 aromatic heterocycles. The van der Waals surface area contributed by atoms with Crippen LogP contribution in [0.4, 0.5) is 0 Å². The number of methoxy groups -OCH3 is 1. The quantitative estimate of drug-likeness (QED) is 0.718. The van der Waals surface area contributed by atoms with E-state index in [2.05, 4.69) is 5.32 Å². The van der Waals surface area contributed by atoms with E-state index in [4.69, 9.17) is 19.3 Å². The van der Waals surface area contributed by atoms with E-state index < -0.39 is 18.1 Å². The van der Waals surface area contributed by atoms with Gasteiger partial charge in [-0.25, -0.2) is 4.79 Å². The summed E-state index contributed by atoms with van der Waals surface area (Å²) in [5, 5.41) is 11.5. The van der Waals surface area contributed by atoms with Gasteiger partial charge in [-0.05, 0) is 39.0 Å². The summed E-state index contributed by atoms with van der Waals surface area (Å²) < 4.78 is 15.6. The Morgan fingerprint density at radius 2 is 1.91 bits per heavy atom. The average molecular weight is 325 g/mol. The van der Waals surface area contributed by atoms with Gasteiger partial charge in [0.1, 0.15) is 0 Å². The van der Waals surface area contributed by atoms with Gasteiger partial charge in [-0.2, -0.15) is 0 Å². The van der Waals surface area contributed by atoms with E-state index >= 15 is 0 Å². The molecule has 0 aliphatic carbocycles. The summed E-state index contributed by atoms with van der Waals surface area (Å²) in [4.78, 5) is 22.9. The second-order valence-corrected chi connectivity index (χ2v) is 5.55. The molecule has 1 rings (SSSR count). The number of hydrogen-bond acceptors (Lipinski definition) is 5. The van der Waals surface area contributed by atoms with Gasteiger partial charge in [0.25, 0.3) is 5.91 Å². The van der Waals surface area contributed by atoms with Gasteiger partial charge in [-0.1, -0.05) is 0 Å². The van der Waals surface area contributed by atoms with Gasteiger partial charge in [-0.15, -0.1) is 0 Å². The number of rotatable bonds is 9. The molecular formula is C16H23NO6. The van der Waals surface area contributed by atoms with E-state index in [9.17, 15) is 9.59 Å². The molecule has 0 bridgehead atoms. The summed E-state index contributed by atoms with van der Waals surface area (Å²) >= 11 is 0. The van der Waals surface area contributed by atoms with Crippen molar-refractivity contribution in [2.24, 2.45) is 0 Å². The highest BCUT2D eigenvalue weighted by molar-refractivity contribution is 5.95.